The van der Waals surface area contributed by atoms with Gasteiger partial charge in [-0.25, -0.2) is 0 Å². The van der Waals surface area contributed by atoms with Crippen molar-refractivity contribution in [3.63, 3.8) is 0 Å². The molecule has 0 atom stereocenters. The molecule has 1 saturated heterocycles. The molecule has 1 heterocycles. The molecule has 0 unspecified atom stereocenters. The Balaban J connectivity index is 1.72. The number of benzene rings is 1. The number of nitrogens with zero attached hydrogens (tertiary/aromatic N) is 2. The highest BCUT2D eigenvalue weighted by atomic mass is 16.3. The van der Waals surface area contributed by atoms with Crippen molar-refractivity contribution in [2.24, 2.45) is 0 Å². The molecule has 5 heteroatoms. The lowest BCUT2D eigenvalue weighted by Gasteiger charge is -2.36. The van der Waals surface area contributed by atoms with Crippen LogP contribution in [0, 0.1) is 0 Å². The van der Waals surface area contributed by atoms with Gasteiger partial charge in [-0.15, -0.1) is 0 Å². The lowest BCUT2D eigenvalue weighted by molar-refractivity contribution is 0.249. The zero-order chi connectivity index (χ0) is 20.6. The van der Waals surface area contributed by atoms with E-state index < -0.39 is 0 Å². The maximum Gasteiger partial charge on any atom is 0.206 e. The van der Waals surface area contributed by atoms with Crippen LogP contribution in [0.2, 0.25) is 0 Å². The van der Waals surface area contributed by atoms with Gasteiger partial charge in [0.15, 0.2) is 0 Å². The van der Waals surface area contributed by atoms with E-state index in [1.807, 2.05) is 18.2 Å². The second kappa shape index (κ2) is 10.4. The first-order valence-corrected chi connectivity index (χ1v) is 10.6. The number of rotatable bonds is 8. The van der Waals surface area contributed by atoms with E-state index in [0.717, 1.165) is 37.3 Å². The molecule has 29 heavy (non-hydrogen) atoms. The number of hydrogen-bond donors (Lipinski definition) is 2. The van der Waals surface area contributed by atoms with Crippen LogP contribution in [0.4, 0.5) is 11.4 Å². The van der Waals surface area contributed by atoms with E-state index in [9.17, 15) is 4.79 Å². The highest BCUT2D eigenvalue weighted by Gasteiger charge is 2.18. The van der Waals surface area contributed by atoms with Gasteiger partial charge in [-0.05, 0) is 36.1 Å². The Morgan fingerprint density at radius 1 is 1.03 bits per heavy atom. The SMILES string of the molecule is CC(C)c1ccc(CN2CCN(c3ccccc3)CC2)c(=O)c(NCCCO)c1. The third kappa shape index (κ3) is 5.81. The molecule has 0 aromatic heterocycles. The first-order valence-electron chi connectivity index (χ1n) is 10.6. The van der Waals surface area contributed by atoms with Crippen LogP contribution in [0.25, 0.3) is 0 Å². The number of hydrogen-bond acceptors (Lipinski definition) is 5. The number of anilines is 2. The molecule has 156 valence electrons. The zero-order valence-electron chi connectivity index (χ0n) is 17.6. The van der Waals surface area contributed by atoms with Gasteiger partial charge in [0.25, 0.3) is 0 Å². The van der Waals surface area contributed by atoms with Crippen molar-refractivity contribution in [1.29, 1.82) is 0 Å². The Labute approximate surface area is 174 Å². The summed E-state index contributed by atoms with van der Waals surface area (Å²) < 4.78 is 0. The number of aliphatic hydroxyl groups is 1. The average Bonchev–Trinajstić information content (AvgIpc) is 2.89. The van der Waals surface area contributed by atoms with E-state index in [4.69, 9.17) is 5.11 Å². The van der Waals surface area contributed by atoms with Gasteiger partial charge in [-0.2, -0.15) is 0 Å². The summed E-state index contributed by atoms with van der Waals surface area (Å²) >= 11 is 0. The van der Waals surface area contributed by atoms with Crippen molar-refractivity contribution in [3.8, 4) is 0 Å². The topological polar surface area (TPSA) is 55.8 Å². The minimum absolute atomic E-state index is 0.0697. The molecule has 1 fully saturated rings. The quantitative estimate of drug-likeness (QED) is 0.672. The van der Waals surface area contributed by atoms with Crippen molar-refractivity contribution >= 4 is 11.4 Å². The second-order valence-electron chi connectivity index (χ2n) is 8.00. The molecule has 5 nitrogen and oxygen atoms in total. The van der Waals surface area contributed by atoms with E-state index >= 15 is 0 Å². The van der Waals surface area contributed by atoms with Crippen LogP contribution in [-0.2, 0) is 6.54 Å². The van der Waals surface area contributed by atoms with Crippen molar-refractivity contribution < 1.29 is 5.11 Å². The summed E-state index contributed by atoms with van der Waals surface area (Å²) in [5.41, 5.74) is 3.95. The van der Waals surface area contributed by atoms with E-state index in [1.165, 1.54) is 5.69 Å². The standard InChI is InChI=1S/C24H33N3O2/c1-19(2)20-9-10-21(24(29)23(17-20)25-11-6-16-28)18-26-12-14-27(15-13-26)22-7-4-3-5-8-22/h3-5,7-10,17,19,28H,6,11-16,18H2,1-2H3,(H,25,29). The van der Waals surface area contributed by atoms with Gasteiger partial charge in [-0.1, -0.05) is 44.2 Å². The predicted molar refractivity (Wildman–Crippen MR) is 121 cm³/mol. The van der Waals surface area contributed by atoms with Crippen LogP contribution in [0.3, 0.4) is 0 Å². The fourth-order valence-electron chi connectivity index (χ4n) is 3.69. The minimum Gasteiger partial charge on any atom is -0.396 e. The Kier molecular flexibility index (Phi) is 7.67. The lowest BCUT2D eigenvalue weighted by Crippen LogP contribution is -2.46. The number of para-hydroxylation sites is 1. The summed E-state index contributed by atoms with van der Waals surface area (Å²) in [6, 6.07) is 16.6. The van der Waals surface area contributed by atoms with E-state index in [0.29, 0.717) is 31.1 Å². The van der Waals surface area contributed by atoms with Crippen LogP contribution < -0.4 is 15.6 Å². The average molecular weight is 396 g/mol. The summed E-state index contributed by atoms with van der Waals surface area (Å²) in [6.07, 6.45) is 0.631. The van der Waals surface area contributed by atoms with Crippen molar-refractivity contribution in [2.45, 2.75) is 32.7 Å². The molecular weight excluding hydrogens is 362 g/mol. The molecule has 2 aromatic rings. The van der Waals surface area contributed by atoms with Crippen LogP contribution in [0.1, 0.15) is 37.3 Å². The monoisotopic (exact) mass is 395 g/mol. The van der Waals surface area contributed by atoms with Gasteiger partial charge in [0.05, 0.1) is 5.69 Å². The number of nitrogens with one attached hydrogen (secondary N) is 1. The van der Waals surface area contributed by atoms with Crippen LogP contribution in [-0.4, -0.2) is 49.3 Å². The lowest BCUT2D eigenvalue weighted by atomic mass is 10.1. The zero-order valence-corrected chi connectivity index (χ0v) is 17.6. The highest BCUT2D eigenvalue weighted by Crippen LogP contribution is 2.19. The van der Waals surface area contributed by atoms with Gasteiger partial charge < -0.3 is 15.3 Å². The molecule has 0 spiro atoms. The van der Waals surface area contributed by atoms with Crippen LogP contribution in [0.5, 0.6) is 0 Å². The molecule has 2 aromatic carbocycles. The molecular formula is C24H33N3O2. The first kappa shape index (κ1) is 21.3. The number of piperazine rings is 1. The Morgan fingerprint density at radius 2 is 1.76 bits per heavy atom. The Bertz CT molecular complexity index is 831. The van der Waals surface area contributed by atoms with Crippen molar-refractivity contribution in [3.05, 3.63) is 69.9 Å². The molecule has 2 N–H and O–H groups in total. The Hall–Kier alpha value is -2.37. The van der Waals surface area contributed by atoms with Gasteiger partial charge in [-0.3, -0.25) is 9.69 Å². The maximum atomic E-state index is 13.1. The third-order valence-corrected chi connectivity index (χ3v) is 5.53. The summed E-state index contributed by atoms with van der Waals surface area (Å²) in [7, 11) is 0. The van der Waals surface area contributed by atoms with E-state index in [1.54, 1.807) is 0 Å². The van der Waals surface area contributed by atoms with Crippen LogP contribution >= 0.6 is 0 Å². The van der Waals surface area contributed by atoms with Crippen molar-refractivity contribution in [1.82, 2.24) is 4.90 Å². The normalized spacial score (nSPS) is 15.0. The van der Waals surface area contributed by atoms with E-state index in [2.05, 4.69) is 59.3 Å². The smallest absolute Gasteiger partial charge is 0.206 e. The molecule has 0 saturated carbocycles. The maximum absolute atomic E-state index is 13.1. The Morgan fingerprint density at radius 3 is 2.41 bits per heavy atom. The van der Waals surface area contributed by atoms with Gasteiger partial charge in [0.2, 0.25) is 5.43 Å². The largest absolute Gasteiger partial charge is 0.396 e. The minimum atomic E-state index is 0.0697. The van der Waals surface area contributed by atoms with Gasteiger partial charge in [0, 0.05) is 57.1 Å². The summed E-state index contributed by atoms with van der Waals surface area (Å²) in [5, 5.41) is 12.3. The second-order valence-corrected chi connectivity index (χ2v) is 8.00. The molecule has 1 aliphatic heterocycles. The molecule has 1 aliphatic rings. The molecule has 0 aliphatic carbocycles. The van der Waals surface area contributed by atoms with Gasteiger partial charge in [0.1, 0.15) is 0 Å². The van der Waals surface area contributed by atoms with Crippen molar-refractivity contribution in [2.75, 3.05) is 49.5 Å². The fourth-order valence-corrected chi connectivity index (χ4v) is 3.69. The molecule has 3 rings (SSSR count). The fraction of sp³-hybridized carbons (Fsp3) is 0.458. The summed E-state index contributed by atoms with van der Waals surface area (Å²) in [6.45, 7) is 9.49. The summed E-state index contributed by atoms with van der Waals surface area (Å²) in [5.74, 6) is 0.349. The molecule has 0 bridgehead atoms. The first-order chi connectivity index (χ1) is 14.1. The third-order valence-electron chi connectivity index (χ3n) is 5.53. The predicted octanol–water partition coefficient (Wildman–Crippen LogP) is 3.29. The molecule has 0 radical (unpaired) electrons. The summed E-state index contributed by atoms with van der Waals surface area (Å²) in [4.78, 5) is 17.9. The molecule has 0 amide bonds. The van der Waals surface area contributed by atoms with E-state index in [-0.39, 0.29) is 12.0 Å². The van der Waals surface area contributed by atoms with Gasteiger partial charge >= 0.3 is 0 Å². The van der Waals surface area contributed by atoms with Crippen LogP contribution in [0.15, 0.2) is 53.3 Å². The number of aliphatic hydroxyl groups excluding tert-OH is 1. The highest BCUT2D eigenvalue weighted by molar-refractivity contribution is 5.48.